The van der Waals surface area contributed by atoms with E-state index < -0.39 is 8.07 Å². The second kappa shape index (κ2) is 21.8. The van der Waals surface area contributed by atoms with Gasteiger partial charge in [-0.1, -0.05) is 189 Å². The minimum Gasteiger partial charge on any atom is -0.465 e. The molecule has 3 N–H and O–H groups in total. The number of nitrogens with two attached hydrogens (primary N) is 1. The van der Waals surface area contributed by atoms with E-state index in [1.165, 1.54) is 98.3 Å². The van der Waals surface area contributed by atoms with Gasteiger partial charge >= 0.3 is 5.97 Å². The third-order valence-corrected chi connectivity index (χ3v) is 17.5. The summed E-state index contributed by atoms with van der Waals surface area (Å²) in [4.78, 5) is 38.1. The van der Waals surface area contributed by atoms with Crippen LogP contribution in [-0.4, -0.2) is 40.2 Å². The average molecular weight is 742 g/mol. The van der Waals surface area contributed by atoms with Gasteiger partial charge in [0.15, 0.2) is 11.2 Å². The number of fused-ring (bicyclic) bond motifs is 1. The molecule has 1 atom stereocenters. The number of aromatic nitrogens is 4. The number of anilines is 1. The first-order valence-electron chi connectivity index (χ1n) is 20.6. The van der Waals surface area contributed by atoms with Gasteiger partial charge in [-0.15, -0.1) is 0 Å². The van der Waals surface area contributed by atoms with Crippen molar-refractivity contribution in [1.29, 1.82) is 0 Å². The number of benzene rings is 2. The standard InChI is InChI=1S/C44H67N5O3Si/c1-5-6-7-8-9-10-11-12-13-14-15-16-17-18-25-30-39(50)52-34-36(33-49-42(51)40-41(47-35-46-40)48-43(49)45)31-32-53(44(2,3)4,37-26-21-19-22-27-37)38-28-23-20-24-29-38/h19-24,26-29,35-36H,5-18,25,30-34H2,1-4H3,(H2,45,48)(H,46,47). The molecule has 53 heavy (non-hydrogen) atoms. The number of ether oxygens (including phenoxy) is 1. The third-order valence-electron chi connectivity index (χ3n) is 11.2. The topological polar surface area (TPSA) is 116 Å². The molecule has 0 bridgehead atoms. The Balaban J connectivity index is 1.34. The van der Waals surface area contributed by atoms with Crippen molar-refractivity contribution in [2.45, 2.75) is 154 Å². The number of hydrogen-bond donors (Lipinski definition) is 2. The van der Waals surface area contributed by atoms with Crippen LogP contribution < -0.4 is 21.7 Å². The maximum Gasteiger partial charge on any atom is 0.305 e. The van der Waals surface area contributed by atoms with Gasteiger partial charge in [-0.05, 0) is 23.9 Å². The quantitative estimate of drug-likeness (QED) is 0.0397. The molecule has 9 heteroatoms. The summed E-state index contributed by atoms with van der Waals surface area (Å²) in [5.41, 5.74) is 6.73. The van der Waals surface area contributed by atoms with Crippen LogP contribution in [0, 0.1) is 5.92 Å². The number of H-pyrrole nitrogens is 1. The molecule has 0 saturated heterocycles. The van der Waals surface area contributed by atoms with Gasteiger partial charge in [0.1, 0.15) is 8.07 Å². The molecular formula is C44H67N5O3Si. The van der Waals surface area contributed by atoms with Crippen molar-refractivity contribution < 1.29 is 9.53 Å². The van der Waals surface area contributed by atoms with Crippen LogP contribution in [0.2, 0.25) is 11.1 Å². The van der Waals surface area contributed by atoms with Crippen LogP contribution >= 0.6 is 0 Å². The Morgan fingerprint density at radius 1 is 0.811 bits per heavy atom. The smallest absolute Gasteiger partial charge is 0.305 e. The van der Waals surface area contributed by atoms with Crippen LogP contribution in [0.3, 0.4) is 0 Å². The second-order valence-electron chi connectivity index (χ2n) is 16.2. The van der Waals surface area contributed by atoms with Gasteiger partial charge in [0.25, 0.3) is 5.56 Å². The number of nitrogen functional groups attached to an aromatic ring is 1. The van der Waals surface area contributed by atoms with Gasteiger partial charge in [-0.25, -0.2) is 4.98 Å². The van der Waals surface area contributed by atoms with Crippen molar-refractivity contribution in [3.8, 4) is 0 Å². The first-order valence-corrected chi connectivity index (χ1v) is 22.8. The molecule has 1 unspecified atom stereocenters. The highest BCUT2D eigenvalue weighted by atomic mass is 28.3. The molecule has 2 aromatic heterocycles. The molecule has 0 aliphatic rings. The Hall–Kier alpha value is -3.72. The van der Waals surface area contributed by atoms with E-state index in [9.17, 15) is 9.59 Å². The highest BCUT2D eigenvalue weighted by Gasteiger charge is 2.47. The van der Waals surface area contributed by atoms with Crippen molar-refractivity contribution in [2.24, 2.45) is 5.92 Å². The number of hydrogen-bond acceptors (Lipinski definition) is 6. The molecular weight excluding hydrogens is 675 g/mol. The summed E-state index contributed by atoms with van der Waals surface area (Å²) < 4.78 is 7.50. The predicted molar refractivity (Wildman–Crippen MR) is 224 cm³/mol. The lowest BCUT2D eigenvalue weighted by Crippen LogP contribution is -2.64. The average Bonchev–Trinajstić information content (AvgIpc) is 3.63. The highest BCUT2D eigenvalue weighted by molar-refractivity contribution is 7.04. The zero-order valence-electron chi connectivity index (χ0n) is 33.2. The number of rotatable bonds is 25. The van der Waals surface area contributed by atoms with Crippen molar-refractivity contribution >= 4 is 41.5 Å². The minimum absolute atomic E-state index is 0.0171. The number of unbranched alkanes of at least 4 members (excludes halogenated alkanes) is 14. The minimum atomic E-state index is -2.39. The first-order chi connectivity index (χ1) is 25.7. The molecule has 0 saturated carbocycles. The van der Waals surface area contributed by atoms with Crippen molar-refractivity contribution in [1.82, 2.24) is 19.5 Å². The van der Waals surface area contributed by atoms with Crippen LogP contribution in [0.1, 0.15) is 137 Å². The van der Waals surface area contributed by atoms with E-state index in [4.69, 9.17) is 10.5 Å². The van der Waals surface area contributed by atoms with E-state index in [-0.39, 0.29) is 35.0 Å². The fraction of sp³-hybridized carbons (Fsp3) is 0.591. The molecule has 0 radical (unpaired) electrons. The largest absolute Gasteiger partial charge is 0.465 e. The van der Waals surface area contributed by atoms with Gasteiger partial charge in [-0.2, -0.15) is 4.98 Å². The van der Waals surface area contributed by atoms with Crippen LogP contribution in [0.15, 0.2) is 71.8 Å². The molecule has 2 aromatic carbocycles. The number of carbonyl (C=O) groups is 1. The Bertz CT molecular complexity index is 1640. The maximum atomic E-state index is 13.5. The zero-order chi connectivity index (χ0) is 37.9. The molecule has 2 heterocycles. The lowest BCUT2D eigenvalue weighted by Gasteiger charge is -2.45. The second-order valence-corrected chi connectivity index (χ2v) is 21.1. The Labute approximate surface area is 319 Å². The van der Waals surface area contributed by atoms with E-state index in [0.717, 1.165) is 31.7 Å². The molecule has 0 spiro atoms. The zero-order valence-corrected chi connectivity index (χ0v) is 34.2. The number of esters is 1. The monoisotopic (exact) mass is 742 g/mol. The van der Waals surface area contributed by atoms with Crippen molar-refractivity contribution in [3.05, 3.63) is 77.3 Å². The molecule has 0 aliphatic carbocycles. The summed E-state index contributed by atoms with van der Waals surface area (Å²) in [6, 6.07) is 22.7. The number of nitrogens with zero attached hydrogens (tertiary/aromatic N) is 3. The fourth-order valence-electron chi connectivity index (χ4n) is 8.09. The fourth-order valence-corrected chi connectivity index (χ4v) is 13.8. The van der Waals surface area contributed by atoms with E-state index >= 15 is 0 Å². The Morgan fingerprint density at radius 3 is 1.83 bits per heavy atom. The lowest BCUT2D eigenvalue weighted by molar-refractivity contribution is -0.145. The Morgan fingerprint density at radius 2 is 1.32 bits per heavy atom. The Kier molecular flexibility index (Phi) is 17.3. The van der Waals surface area contributed by atoms with E-state index in [1.807, 2.05) is 0 Å². The summed E-state index contributed by atoms with van der Waals surface area (Å²) in [5, 5.41) is 2.73. The molecule has 290 valence electrons. The van der Waals surface area contributed by atoms with Gasteiger partial charge in [0.2, 0.25) is 5.95 Å². The van der Waals surface area contributed by atoms with Gasteiger partial charge in [0, 0.05) is 18.9 Å². The van der Waals surface area contributed by atoms with Crippen molar-refractivity contribution in [2.75, 3.05) is 12.3 Å². The summed E-state index contributed by atoms with van der Waals surface area (Å²) >= 11 is 0. The van der Waals surface area contributed by atoms with Gasteiger partial charge < -0.3 is 15.5 Å². The number of nitrogens with one attached hydrogen (secondary N) is 1. The summed E-state index contributed by atoms with van der Waals surface area (Å²) in [5.74, 6) is -0.185. The van der Waals surface area contributed by atoms with E-state index in [0.29, 0.717) is 24.1 Å². The first kappa shape index (κ1) is 42.0. The molecule has 4 aromatic rings. The number of carbonyl (C=O) groups excluding carboxylic acids is 1. The van der Waals surface area contributed by atoms with E-state index in [2.05, 4.69) is 103 Å². The number of imidazole rings is 1. The van der Waals surface area contributed by atoms with Gasteiger partial charge in [-0.3, -0.25) is 14.2 Å². The van der Waals surface area contributed by atoms with Crippen LogP contribution in [0.5, 0.6) is 0 Å². The summed E-state index contributed by atoms with van der Waals surface area (Å²) in [6.45, 7) is 9.86. The number of aromatic amines is 1. The van der Waals surface area contributed by atoms with E-state index in [1.54, 1.807) is 0 Å². The van der Waals surface area contributed by atoms with Crippen LogP contribution in [0.4, 0.5) is 5.95 Å². The maximum absolute atomic E-state index is 13.5. The summed E-state index contributed by atoms with van der Waals surface area (Å²) in [7, 11) is -2.39. The molecule has 4 rings (SSSR count). The SMILES string of the molecule is CCCCCCCCCCCCCCCCCC(=O)OCC(CC[Si](c1ccccc1)(c1ccccc1)C(C)(C)C)Cn1c(N)nc2nc[nH]c2c1=O. The molecule has 8 nitrogen and oxygen atoms in total. The predicted octanol–water partition coefficient (Wildman–Crippen LogP) is 9.58. The summed E-state index contributed by atoms with van der Waals surface area (Å²) in [6.07, 6.45) is 22.0. The lowest BCUT2D eigenvalue weighted by atomic mass is 10.0. The normalized spacial score (nSPS) is 12.7. The van der Waals surface area contributed by atoms with Gasteiger partial charge in [0.05, 0.1) is 12.9 Å². The highest BCUT2D eigenvalue weighted by Crippen LogP contribution is 2.40. The van der Waals surface area contributed by atoms with Crippen LogP contribution in [-0.2, 0) is 16.1 Å². The molecule has 0 amide bonds. The molecule has 0 fully saturated rings. The third kappa shape index (κ3) is 12.4. The van der Waals surface area contributed by atoms with Crippen molar-refractivity contribution in [3.63, 3.8) is 0 Å². The molecule has 0 aliphatic heterocycles. The van der Waals surface area contributed by atoms with Crippen LogP contribution in [0.25, 0.3) is 11.2 Å².